The lowest BCUT2D eigenvalue weighted by Gasteiger charge is -2.27. The minimum atomic E-state index is -1.20. The summed E-state index contributed by atoms with van der Waals surface area (Å²) in [6, 6.07) is 14.9. The maximum absolute atomic E-state index is 12.9. The standard InChI is InChI=1S/C26H28N2O7/c1-26(24(30)31)14-34-13-22(26)28-23(29)20-10-33-12-21(20)27-25(32)35-11-19-17-8-4-2-6-15(17)16-7-3-5-9-18(16)19/h2-9,19-22H,10-14H2,1H3,(H,27,32)(H,28,29)(H,30,31). The fraction of sp³-hybridized carbons (Fsp3) is 0.423. The van der Waals surface area contributed by atoms with Gasteiger partial charge in [0.2, 0.25) is 5.91 Å². The van der Waals surface area contributed by atoms with Gasteiger partial charge in [0.25, 0.3) is 0 Å². The maximum atomic E-state index is 12.9. The van der Waals surface area contributed by atoms with Crippen molar-refractivity contribution < 1.29 is 33.7 Å². The van der Waals surface area contributed by atoms with E-state index in [9.17, 15) is 19.5 Å². The number of alkyl carbamates (subject to hydrolysis) is 1. The van der Waals surface area contributed by atoms with Crippen LogP contribution in [0.25, 0.3) is 11.1 Å². The van der Waals surface area contributed by atoms with E-state index in [2.05, 4.69) is 22.8 Å². The molecule has 2 amide bonds. The predicted octanol–water partition coefficient (Wildman–Crippen LogP) is 2.15. The summed E-state index contributed by atoms with van der Waals surface area (Å²) in [5.74, 6) is -2.14. The van der Waals surface area contributed by atoms with Gasteiger partial charge in [0.15, 0.2) is 0 Å². The molecule has 9 heteroatoms. The van der Waals surface area contributed by atoms with Gasteiger partial charge in [-0.2, -0.15) is 0 Å². The van der Waals surface area contributed by atoms with Gasteiger partial charge < -0.3 is 30.0 Å². The second kappa shape index (κ2) is 9.31. The summed E-state index contributed by atoms with van der Waals surface area (Å²) < 4.78 is 16.3. The molecule has 184 valence electrons. The van der Waals surface area contributed by atoms with Gasteiger partial charge in [0.1, 0.15) is 12.0 Å². The van der Waals surface area contributed by atoms with Crippen LogP contribution in [-0.2, 0) is 23.8 Å². The molecular formula is C26H28N2O7. The zero-order valence-corrected chi connectivity index (χ0v) is 19.4. The smallest absolute Gasteiger partial charge is 0.407 e. The Kier molecular flexibility index (Phi) is 6.21. The lowest BCUT2D eigenvalue weighted by atomic mass is 9.85. The Labute approximate surface area is 202 Å². The molecule has 0 spiro atoms. The molecule has 2 heterocycles. The molecule has 3 N–H and O–H groups in total. The molecule has 0 aromatic heterocycles. The molecule has 2 aromatic carbocycles. The highest BCUT2D eigenvalue weighted by molar-refractivity contribution is 5.83. The molecule has 0 bridgehead atoms. The first-order chi connectivity index (χ1) is 16.9. The zero-order valence-electron chi connectivity index (χ0n) is 19.4. The second-order valence-electron chi connectivity index (χ2n) is 9.52. The summed E-state index contributed by atoms with van der Waals surface area (Å²) in [5, 5.41) is 15.1. The van der Waals surface area contributed by atoms with Crippen molar-refractivity contribution in [3.8, 4) is 11.1 Å². The predicted molar refractivity (Wildman–Crippen MR) is 125 cm³/mol. The van der Waals surface area contributed by atoms with Crippen LogP contribution in [0, 0.1) is 11.3 Å². The third kappa shape index (κ3) is 4.26. The number of hydrogen-bond acceptors (Lipinski definition) is 6. The van der Waals surface area contributed by atoms with Gasteiger partial charge in [-0.15, -0.1) is 0 Å². The molecule has 9 nitrogen and oxygen atoms in total. The van der Waals surface area contributed by atoms with Gasteiger partial charge in [-0.25, -0.2) is 4.79 Å². The van der Waals surface area contributed by atoms with Gasteiger partial charge >= 0.3 is 12.1 Å². The molecule has 4 atom stereocenters. The summed E-state index contributed by atoms with van der Waals surface area (Å²) >= 11 is 0. The van der Waals surface area contributed by atoms with Crippen molar-refractivity contribution in [1.82, 2.24) is 10.6 Å². The number of amides is 2. The fourth-order valence-corrected chi connectivity index (χ4v) is 5.11. The third-order valence-corrected chi connectivity index (χ3v) is 7.32. The Bertz CT molecular complexity index is 1110. The van der Waals surface area contributed by atoms with E-state index in [4.69, 9.17) is 14.2 Å². The molecule has 2 aliphatic heterocycles. The summed E-state index contributed by atoms with van der Waals surface area (Å²) in [7, 11) is 0. The van der Waals surface area contributed by atoms with Crippen LogP contribution in [0.5, 0.6) is 0 Å². The maximum Gasteiger partial charge on any atom is 0.407 e. The van der Waals surface area contributed by atoms with Crippen LogP contribution in [0.1, 0.15) is 24.0 Å². The van der Waals surface area contributed by atoms with Gasteiger partial charge in [0, 0.05) is 5.92 Å². The highest BCUT2D eigenvalue weighted by Crippen LogP contribution is 2.44. The van der Waals surface area contributed by atoms with Crippen molar-refractivity contribution in [2.24, 2.45) is 11.3 Å². The van der Waals surface area contributed by atoms with Gasteiger partial charge in [-0.3, -0.25) is 9.59 Å². The van der Waals surface area contributed by atoms with Crippen molar-refractivity contribution in [3.63, 3.8) is 0 Å². The van der Waals surface area contributed by atoms with Crippen molar-refractivity contribution in [3.05, 3.63) is 59.7 Å². The highest BCUT2D eigenvalue weighted by atomic mass is 16.5. The monoisotopic (exact) mass is 480 g/mol. The molecule has 5 rings (SSSR count). The lowest BCUT2D eigenvalue weighted by molar-refractivity contribution is -0.149. The van der Waals surface area contributed by atoms with Gasteiger partial charge in [-0.1, -0.05) is 48.5 Å². The molecule has 2 aromatic rings. The number of ether oxygens (including phenoxy) is 3. The number of carbonyl (C=O) groups excluding carboxylic acids is 2. The van der Waals surface area contributed by atoms with Crippen LogP contribution < -0.4 is 10.6 Å². The topological polar surface area (TPSA) is 123 Å². The molecule has 35 heavy (non-hydrogen) atoms. The van der Waals surface area contributed by atoms with E-state index in [1.54, 1.807) is 6.92 Å². The third-order valence-electron chi connectivity index (χ3n) is 7.32. The molecule has 3 aliphatic rings. The minimum absolute atomic E-state index is 0.0237. The Hall–Kier alpha value is -3.43. The van der Waals surface area contributed by atoms with E-state index < -0.39 is 35.5 Å². The minimum Gasteiger partial charge on any atom is -0.481 e. The number of carboxylic acid groups (broad SMARTS) is 1. The summed E-state index contributed by atoms with van der Waals surface area (Å²) in [4.78, 5) is 37.2. The van der Waals surface area contributed by atoms with E-state index in [0.29, 0.717) is 0 Å². The van der Waals surface area contributed by atoms with E-state index in [1.165, 1.54) is 0 Å². The van der Waals surface area contributed by atoms with Crippen molar-refractivity contribution >= 4 is 18.0 Å². The number of aliphatic carboxylic acids is 1. The Morgan fingerprint density at radius 3 is 2.29 bits per heavy atom. The number of fused-ring (bicyclic) bond motifs is 3. The normalized spacial score (nSPS) is 27.2. The van der Waals surface area contributed by atoms with E-state index in [1.807, 2.05) is 36.4 Å². The van der Waals surface area contributed by atoms with Gasteiger partial charge in [0.05, 0.1) is 44.4 Å². The second-order valence-corrected chi connectivity index (χ2v) is 9.52. The number of hydrogen-bond donors (Lipinski definition) is 3. The SMILES string of the molecule is CC1(C(=O)O)COCC1NC(=O)C1COCC1NC(=O)OCC1c2ccccc2-c2ccccc21. The number of carboxylic acids is 1. The van der Waals surface area contributed by atoms with Crippen molar-refractivity contribution in [2.75, 3.05) is 33.0 Å². The highest BCUT2D eigenvalue weighted by Gasteiger charge is 2.48. The molecule has 2 fully saturated rings. The Morgan fingerprint density at radius 1 is 0.971 bits per heavy atom. The van der Waals surface area contributed by atoms with Crippen LogP contribution in [0.3, 0.4) is 0 Å². The average molecular weight is 481 g/mol. The first kappa shape index (κ1) is 23.3. The van der Waals surface area contributed by atoms with Crippen molar-refractivity contribution in [1.29, 1.82) is 0 Å². The largest absolute Gasteiger partial charge is 0.481 e. The number of benzene rings is 2. The number of rotatable bonds is 6. The van der Waals surface area contributed by atoms with Crippen LogP contribution in [-0.4, -0.2) is 68.2 Å². The van der Waals surface area contributed by atoms with E-state index in [-0.39, 0.29) is 44.9 Å². The average Bonchev–Trinajstić information content (AvgIpc) is 3.55. The van der Waals surface area contributed by atoms with E-state index >= 15 is 0 Å². The van der Waals surface area contributed by atoms with Crippen LogP contribution in [0.15, 0.2) is 48.5 Å². The summed E-state index contributed by atoms with van der Waals surface area (Å²) in [5.41, 5.74) is 3.31. The molecule has 1 aliphatic carbocycles. The summed E-state index contributed by atoms with van der Waals surface area (Å²) in [6.07, 6.45) is -0.625. The number of carbonyl (C=O) groups is 3. The summed E-state index contributed by atoms with van der Waals surface area (Å²) in [6.45, 7) is 2.14. The van der Waals surface area contributed by atoms with Gasteiger partial charge in [-0.05, 0) is 29.2 Å². The first-order valence-electron chi connectivity index (χ1n) is 11.7. The van der Waals surface area contributed by atoms with E-state index in [0.717, 1.165) is 22.3 Å². The van der Waals surface area contributed by atoms with Crippen LogP contribution >= 0.6 is 0 Å². The zero-order chi connectivity index (χ0) is 24.6. The quantitative estimate of drug-likeness (QED) is 0.579. The molecule has 4 unspecified atom stereocenters. The number of nitrogens with one attached hydrogen (secondary N) is 2. The lowest BCUT2D eigenvalue weighted by Crippen LogP contribution is -2.54. The molecule has 0 radical (unpaired) electrons. The molecule has 0 saturated carbocycles. The van der Waals surface area contributed by atoms with Crippen LogP contribution in [0.4, 0.5) is 4.79 Å². The molecular weight excluding hydrogens is 452 g/mol. The fourth-order valence-electron chi connectivity index (χ4n) is 5.11. The van der Waals surface area contributed by atoms with Crippen LogP contribution in [0.2, 0.25) is 0 Å². The first-order valence-corrected chi connectivity index (χ1v) is 11.7. The Balaban J connectivity index is 1.20. The molecule has 2 saturated heterocycles. The Morgan fingerprint density at radius 2 is 1.63 bits per heavy atom. The van der Waals surface area contributed by atoms with Crippen molar-refractivity contribution in [2.45, 2.75) is 24.9 Å².